The van der Waals surface area contributed by atoms with Crippen molar-refractivity contribution >= 4 is 28.5 Å². The predicted octanol–water partition coefficient (Wildman–Crippen LogP) is 1.32. The first-order chi connectivity index (χ1) is 16.4. The number of aryl methyl sites for hydroxylation is 1. The maximum absolute atomic E-state index is 13.0. The number of amides is 2. The molecule has 5 rings (SSSR count). The first kappa shape index (κ1) is 21.7. The van der Waals surface area contributed by atoms with Gasteiger partial charge in [0.2, 0.25) is 12.7 Å². The number of nitrogens with zero attached hydrogens (tertiary/aromatic N) is 3. The molecule has 0 unspecified atom stereocenters. The van der Waals surface area contributed by atoms with Crippen LogP contribution in [0, 0.1) is 5.92 Å². The third-order valence-corrected chi connectivity index (χ3v) is 6.19. The lowest BCUT2D eigenvalue weighted by atomic mass is 9.95. The number of pyridine rings is 1. The summed E-state index contributed by atoms with van der Waals surface area (Å²) < 4.78 is 12.0. The van der Waals surface area contributed by atoms with Crippen LogP contribution < -0.4 is 26.0 Å². The second kappa shape index (κ2) is 8.65. The summed E-state index contributed by atoms with van der Waals surface area (Å²) in [7, 11) is 0. The van der Waals surface area contributed by atoms with Crippen LogP contribution in [0.15, 0.2) is 40.1 Å². The van der Waals surface area contributed by atoms with E-state index in [1.807, 2.05) is 0 Å². The number of fused-ring (bicyclic) bond motifs is 2. The van der Waals surface area contributed by atoms with Crippen LogP contribution in [-0.2, 0) is 11.3 Å². The van der Waals surface area contributed by atoms with Crippen molar-refractivity contribution in [3.8, 4) is 11.5 Å². The lowest BCUT2D eigenvalue weighted by Gasteiger charge is -2.31. The maximum atomic E-state index is 13.0. The number of aromatic amines is 1. The Kier molecular flexibility index (Phi) is 5.52. The molecule has 3 aromatic rings. The van der Waals surface area contributed by atoms with E-state index in [-0.39, 0.29) is 41.1 Å². The Morgan fingerprint density at radius 2 is 1.91 bits per heavy atom. The van der Waals surface area contributed by atoms with Gasteiger partial charge in [0.1, 0.15) is 5.65 Å². The molecule has 0 saturated carbocycles. The second-order valence-electron chi connectivity index (χ2n) is 8.22. The number of H-pyrrole nitrogens is 1. The van der Waals surface area contributed by atoms with E-state index < -0.39 is 11.2 Å². The number of hydrogen-bond acceptors (Lipinski definition) is 7. The van der Waals surface area contributed by atoms with Crippen molar-refractivity contribution in [2.75, 3.05) is 25.2 Å². The van der Waals surface area contributed by atoms with Gasteiger partial charge in [0.05, 0.1) is 10.9 Å². The highest BCUT2D eigenvalue weighted by molar-refractivity contribution is 5.97. The van der Waals surface area contributed by atoms with Crippen LogP contribution in [0.25, 0.3) is 11.0 Å². The minimum atomic E-state index is -0.578. The largest absolute Gasteiger partial charge is 0.454 e. The molecule has 11 nitrogen and oxygen atoms in total. The molecule has 2 aliphatic heterocycles. The Hall–Kier alpha value is -4.15. The first-order valence-corrected chi connectivity index (χ1v) is 11.1. The zero-order valence-corrected chi connectivity index (χ0v) is 18.5. The Labute approximate surface area is 193 Å². The molecule has 4 heterocycles. The van der Waals surface area contributed by atoms with Gasteiger partial charge in [0.15, 0.2) is 11.5 Å². The first-order valence-electron chi connectivity index (χ1n) is 11.1. The number of carbonyl (C=O) groups excluding carboxylic acids is 2. The average molecular weight is 465 g/mol. The van der Waals surface area contributed by atoms with Crippen LogP contribution in [0.3, 0.4) is 0 Å². The molecule has 2 N–H and O–H groups in total. The normalized spacial score (nSPS) is 15.5. The lowest BCUT2D eigenvalue weighted by molar-refractivity contribution is -0.121. The van der Waals surface area contributed by atoms with E-state index in [0.29, 0.717) is 49.7 Å². The number of hydrogen-bond donors (Lipinski definition) is 2. The molecule has 1 saturated heterocycles. The average Bonchev–Trinajstić information content (AvgIpc) is 3.32. The fourth-order valence-corrected chi connectivity index (χ4v) is 4.32. The van der Waals surface area contributed by atoms with Crippen LogP contribution in [0.4, 0.5) is 5.69 Å². The van der Waals surface area contributed by atoms with Crippen LogP contribution in [-0.4, -0.2) is 51.1 Å². The Bertz CT molecular complexity index is 1400. The van der Waals surface area contributed by atoms with E-state index in [9.17, 15) is 19.2 Å². The standard InChI is InChI=1S/C23H23N5O6/c1-2-28-19-16(21(30)26-23(28)32)9-14(11-24-19)22(31)27-7-5-13(6-8-27)20(29)25-15-3-4-17-18(10-15)34-12-33-17/h3-4,9-11,13H,2,5-8,12H2,1H3,(H,25,29)(H,26,30,32). The molecular weight excluding hydrogens is 442 g/mol. The maximum Gasteiger partial charge on any atom is 0.329 e. The van der Waals surface area contributed by atoms with Crippen LogP contribution >= 0.6 is 0 Å². The number of aromatic nitrogens is 3. The van der Waals surface area contributed by atoms with Crippen LogP contribution in [0.5, 0.6) is 11.5 Å². The minimum Gasteiger partial charge on any atom is -0.454 e. The highest BCUT2D eigenvalue weighted by Gasteiger charge is 2.28. The van der Waals surface area contributed by atoms with Crippen molar-refractivity contribution in [2.24, 2.45) is 5.92 Å². The van der Waals surface area contributed by atoms with Gasteiger partial charge in [0, 0.05) is 43.5 Å². The van der Waals surface area contributed by atoms with Crippen molar-refractivity contribution in [3.05, 3.63) is 56.9 Å². The molecule has 11 heteroatoms. The molecule has 2 aromatic heterocycles. The molecule has 0 radical (unpaired) electrons. The number of nitrogens with one attached hydrogen (secondary N) is 2. The topological polar surface area (TPSA) is 136 Å². The fraction of sp³-hybridized carbons (Fsp3) is 0.348. The molecule has 0 aliphatic carbocycles. The summed E-state index contributed by atoms with van der Waals surface area (Å²) in [4.78, 5) is 58.1. The summed E-state index contributed by atoms with van der Waals surface area (Å²) in [5.41, 5.74) is 0.0263. The number of anilines is 1. The molecule has 176 valence electrons. The smallest absolute Gasteiger partial charge is 0.329 e. The van der Waals surface area contributed by atoms with E-state index >= 15 is 0 Å². The molecule has 0 atom stereocenters. The molecule has 34 heavy (non-hydrogen) atoms. The van der Waals surface area contributed by atoms with Gasteiger partial charge in [-0.3, -0.25) is 23.9 Å². The van der Waals surface area contributed by atoms with Crippen molar-refractivity contribution in [2.45, 2.75) is 26.3 Å². The Morgan fingerprint density at radius 1 is 1.15 bits per heavy atom. The van der Waals surface area contributed by atoms with E-state index in [2.05, 4.69) is 15.3 Å². The summed E-state index contributed by atoms with van der Waals surface area (Å²) >= 11 is 0. The zero-order valence-electron chi connectivity index (χ0n) is 18.5. The highest BCUT2D eigenvalue weighted by atomic mass is 16.7. The number of likely N-dealkylation sites (tertiary alicyclic amines) is 1. The van der Waals surface area contributed by atoms with Crippen molar-refractivity contribution < 1.29 is 19.1 Å². The number of carbonyl (C=O) groups is 2. The van der Waals surface area contributed by atoms with E-state index in [0.717, 1.165) is 0 Å². The third-order valence-electron chi connectivity index (χ3n) is 6.19. The van der Waals surface area contributed by atoms with Crippen LogP contribution in [0.2, 0.25) is 0 Å². The fourth-order valence-electron chi connectivity index (χ4n) is 4.32. The molecule has 2 amide bonds. The van der Waals surface area contributed by atoms with Crippen molar-refractivity contribution in [3.63, 3.8) is 0 Å². The van der Waals surface area contributed by atoms with Gasteiger partial charge in [-0.1, -0.05) is 0 Å². The molecule has 1 fully saturated rings. The SMILES string of the molecule is CCn1c(=O)[nH]c(=O)c2cc(C(=O)N3CCC(C(=O)Nc4ccc5c(c4)OCO5)CC3)cnc21. The molecule has 1 aromatic carbocycles. The lowest BCUT2D eigenvalue weighted by Crippen LogP contribution is -2.41. The molecular formula is C23H23N5O6. The van der Waals surface area contributed by atoms with E-state index in [4.69, 9.17) is 9.47 Å². The summed E-state index contributed by atoms with van der Waals surface area (Å²) in [6, 6.07) is 6.71. The Balaban J connectivity index is 1.25. The van der Waals surface area contributed by atoms with E-state index in [1.54, 1.807) is 30.0 Å². The number of benzene rings is 1. The van der Waals surface area contributed by atoms with Crippen molar-refractivity contribution in [1.82, 2.24) is 19.4 Å². The van der Waals surface area contributed by atoms with E-state index in [1.165, 1.54) is 16.8 Å². The molecule has 0 bridgehead atoms. The zero-order chi connectivity index (χ0) is 23.8. The van der Waals surface area contributed by atoms with Gasteiger partial charge < -0.3 is 19.7 Å². The van der Waals surface area contributed by atoms with Gasteiger partial charge in [-0.15, -0.1) is 0 Å². The number of ether oxygens (including phenoxy) is 2. The summed E-state index contributed by atoms with van der Waals surface area (Å²) in [6.07, 6.45) is 2.41. The minimum absolute atomic E-state index is 0.109. The predicted molar refractivity (Wildman–Crippen MR) is 122 cm³/mol. The summed E-state index contributed by atoms with van der Waals surface area (Å²) in [6.45, 7) is 3.08. The number of rotatable bonds is 4. The molecule has 0 spiro atoms. The second-order valence-corrected chi connectivity index (χ2v) is 8.22. The van der Waals surface area contributed by atoms with Gasteiger partial charge in [0.25, 0.3) is 11.5 Å². The highest BCUT2D eigenvalue weighted by Crippen LogP contribution is 2.34. The summed E-state index contributed by atoms with van der Waals surface area (Å²) in [5.74, 6) is 0.635. The van der Waals surface area contributed by atoms with Gasteiger partial charge in [-0.2, -0.15) is 0 Å². The Morgan fingerprint density at radius 3 is 2.68 bits per heavy atom. The van der Waals surface area contributed by atoms with Gasteiger partial charge in [-0.25, -0.2) is 9.78 Å². The number of piperidine rings is 1. The van der Waals surface area contributed by atoms with Crippen molar-refractivity contribution in [1.29, 1.82) is 0 Å². The molecule has 2 aliphatic rings. The monoisotopic (exact) mass is 465 g/mol. The quantitative estimate of drug-likeness (QED) is 0.593. The third kappa shape index (κ3) is 3.89. The van der Waals surface area contributed by atoms with Crippen LogP contribution in [0.1, 0.15) is 30.1 Å². The summed E-state index contributed by atoms with van der Waals surface area (Å²) in [5, 5.41) is 3.09. The van der Waals surface area contributed by atoms with Gasteiger partial charge >= 0.3 is 5.69 Å². The van der Waals surface area contributed by atoms with Gasteiger partial charge in [-0.05, 0) is 38.0 Å².